The number of hydrazine groups is 1. The average Bonchev–Trinajstić information content (AvgIpc) is 2.54. The minimum absolute atomic E-state index is 0.126. The number of aromatic nitrogens is 1. The second-order valence-corrected chi connectivity index (χ2v) is 5.41. The van der Waals surface area contributed by atoms with Gasteiger partial charge in [-0.1, -0.05) is 17.7 Å². The number of benzene rings is 1. The Hall–Kier alpha value is -1.74. The molecule has 2 aromatic rings. The summed E-state index contributed by atoms with van der Waals surface area (Å²) in [6, 6.07) is 7.51. The largest absolute Gasteiger partial charge is 0.424 e. The molecule has 1 aromatic carbocycles. The van der Waals surface area contributed by atoms with E-state index in [1.807, 2.05) is 0 Å². The van der Waals surface area contributed by atoms with E-state index in [0.29, 0.717) is 5.56 Å². The summed E-state index contributed by atoms with van der Waals surface area (Å²) in [6.07, 6.45) is -4.96. The molecule has 1 atom stereocenters. The Morgan fingerprint density at radius 1 is 1.21 bits per heavy atom. The first-order valence-corrected chi connectivity index (χ1v) is 7.18. The number of rotatable bonds is 5. The lowest BCUT2D eigenvalue weighted by Crippen LogP contribution is -2.52. The number of hydrogen-bond acceptors (Lipinski definition) is 4. The highest BCUT2D eigenvalue weighted by atomic mass is 35.5. The molecule has 0 aliphatic carbocycles. The molecule has 3 N–H and O–H groups in total. The number of pyridine rings is 1. The van der Waals surface area contributed by atoms with Crippen molar-refractivity contribution in [2.24, 2.45) is 0 Å². The average molecular weight is 364 g/mol. The van der Waals surface area contributed by atoms with Crippen LogP contribution in [0.3, 0.4) is 0 Å². The lowest BCUT2D eigenvalue weighted by molar-refractivity contribution is -0.266. The van der Waals surface area contributed by atoms with Gasteiger partial charge in [0.15, 0.2) is 0 Å². The normalized spacial score (nSPS) is 14.5. The second kappa shape index (κ2) is 7.02. The molecular formula is C15H14ClF4N3O. The van der Waals surface area contributed by atoms with Gasteiger partial charge in [-0.05, 0) is 37.4 Å². The highest BCUT2D eigenvalue weighted by Gasteiger charge is 2.56. The van der Waals surface area contributed by atoms with Gasteiger partial charge in [-0.15, -0.1) is 0 Å². The summed E-state index contributed by atoms with van der Waals surface area (Å²) in [6.45, 7) is -0.840. The van der Waals surface area contributed by atoms with Gasteiger partial charge in [0.05, 0.1) is 23.0 Å². The highest BCUT2D eigenvalue weighted by Crippen LogP contribution is 2.38. The summed E-state index contributed by atoms with van der Waals surface area (Å²) in [4.78, 5) is 3.89. The Bertz CT molecular complexity index is 726. The molecule has 2 rings (SSSR count). The number of nitrogens with one attached hydrogen (secondary N) is 2. The molecule has 1 heterocycles. The summed E-state index contributed by atoms with van der Waals surface area (Å²) < 4.78 is 53.2. The van der Waals surface area contributed by atoms with Crippen LogP contribution in [0.15, 0.2) is 36.4 Å². The zero-order valence-corrected chi connectivity index (χ0v) is 13.2. The summed E-state index contributed by atoms with van der Waals surface area (Å²) >= 11 is 5.68. The molecule has 9 heteroatoms. The predicted molar refractivity (Wildman–Crippen MR) is 81.7 cm³/mol. The second-order valence-electron chi connectivity index (χ2n) is 5.00. The van der Waals surface area contributed by atoms with Gasteiger partial charge in [0.2, 0.25) is 5.60 Å². The van der Waals surface area contributed by atoms with Crippen molar-refractivity contribution in [1.29, 1.82) is 0 Å². The Labute approximate surface area is 140 Å². The fourth-order valence-corrected chi connectivity index (χ4v) is 2.21. The van der Waals surface area contributed by atoms with Gasteiger partial charge < -0.3 is 5.11 Å². The van der Waals surface area contributed by atoms with E-state index in [0.717, 1.165) is 12.1 Å². The fourth-order valence-electron chi connectivity index (χ4n) is 2.03. The van der Waals surface area contributed by atoms with E-state index in [4.69, 9.17) is 11.6 Å². The smallest absolute Gasteiger partial charge is 0.374 e. The molecule has 0 spiro atoms. The first kappa shape index (κ1) is 18.6. The van der Waals surface area contributed by atoms with Gasteiger partial charge in [-0.2, -0.15) is 13.2 Å². The molecule has 1 unspecified atom stereocenters. The lowest BCUT2D eigenvalue weighted by atomic mass is 9.97. The first-order chi connectivity index (χ1) is 11.2. The third-order valence-corrected chi connectivity index (χ3v) is 3.67. The van der Waals surface area contributed by atoms with E-state index in [-0.39, 0.29) is 10.7 Å². The zero-order valence-electron chi connectivity index (χ0n) is 12.5. The van der Waals surface area contributed by atoms with Crippen LogP contribution in [0.1, 0.15) is 5.69 Å². The van der Waals surface area contributed by atoms with Crippen LogP contribution in [-0.4, -0.2) is 29.9 Å². The molecule has 1 aromatic heterocycles. The molecule has 130 valence electrons. The predicted octanol–water partition coefficient (Wildman–Crippen LogP) is 3.02. The van der Waals surface area contributed by atoms with Crippen molar-refractivity contribution < 1.29 is 22.7 Å². The maximum absolute atomic E-state index is 13.3. The van der Waals surface area contributed by atoms with Crippen molar-refractivity contribution in [2.45, 2.75) is 11.8 Å². The molecule has 0 amide bonds. The van der Waals surface area contributed by atoms with E-state index in [9.17, 15) is 22.7 Å². The van der Waals surface area contributed by atoms with Crippen LogP contribution in [0, 0.1) is 5.82 Å². The minimum Gasteiger partial charge on any atom is -0.374 e. The lowest BCUT2D eigenvalue weighted by Gasteiger charge is -2.30. The first-order valence-electron chi connectivity index (χ1n) is 6.80. The summed E-state index contributed by atoms with van der Waals surface area (Å²) in [5.74, 6) is -0.651. The van der Waals surface area contributed by atoms with Crippen molar-refractivity contribution >= 4 is 11.6 Å². The van der Waals surface area contributed by atoms with Crippen LogP contribution in [0.2, 0.25) is 5.02 Å². The van der Waals surface area contributed by atoms with Gasteiger partial charge in [0, 0.05) is 5.56 Å². The van der Waals surface area contributed by atoms with Crippen molar-refractivity contribution in [3.63, 3.8) is 0 Å². The fraction of sp³-hybridized carbons (Fsp3) is 0.267. The quantitative estimate of drug-likeness (QED) is 0.564. The van der Waals surface area contributed by atoms with E-state index in [1.165, 1.54) is 31.3 Å². The van der Waals surface area contributed by atoms with Crippen LogP contribution < -0.4 is 10.9 Å². The van der Waals surface area contributed by atoms with Crippen molar-refractivity contribution in [2.75, 3.05) is 13.6 Å². The number of hydrogen-bond donors (Lipinski definition) is 3. The van der Waals surface area contributed by atoms with Crippen LogP contribution in [0.25, 0.3) is 11.3 Å². The monoisotopic (exact) mass is 363 g/mol. The maximum atomic E-state index is 13.3. The molecular weight excluding hydrogens is 350 g/mol. The van der Waals surface area contributed by atoms with Gasteiger partial charge >= 0.3 is 6.18 Å². The minimum atomic E-state index is -4.96. The molecule has 0 saturated carbocycles. The van der Waals surface area contributed by atoms with Crippen LogP contribution in [0.5, 0.6) is 0 Å². The van der Waals surface area contributed by atoms with E-state index >= 15 is 0 Å². The SMILES string of the molecule is CNNCC(O)(c1cccc(-c2ccc(F)c(Cl)c2)n1)C(F)(F)F. The van der Waals surface area contributed by atoms with Gasteiger partial charge in [-0.25, -0.2) is 9.37 Å². The molecule has 0 bridgehead atoms. The molecule has 4 nitrogen and oxygen atoms in total. The van der Waals surface area contributed by atoms with Gasteiger partial charge in [0.25, 0.3) is 0 Å². The number of nitrogens with zero attached hydrogens (tertiary/aromatic N) is 1. The zero-order chi connectivity index (χ0) is 18.0. The van der Waals surface area contributed by atoms with Gasteiger partial charge in [0.1, 0.15) is 5.82 Å². The van der Waals surface area contributed by atoms with E-state index < -0.39 is 29.8 Å². The Kier molecular flexibility index (Phi) is 5.44. The van der Waals surface area contributed by atoms with Crippen molar-refractivity contribution in [1.82, 2.24) is 15.8 Å². The molecule has 0 fully saturated rings. The highest BCUT2D eigenvalue weighted by molar-refractivity contribution is 6.31. The van der Waals surface area contributed by atoms with Crippen LogP contribution in [0.4, 0.5) is 17.6 Å². The Morgan fingerprint density at radius 2 is 1.92 bits per heavy atom. The van der Waals surface area contributed by atoms with Crippen molar-refractivity contribution in [3.8, 4) is 11.3 Å². The summed E-state index contributed by atoms with van der Waals surface area (Å²) in [5, 5.41) is 9.97. The van der Waals surface area contributed by atoms with Crippen LogP contribution in [-0.2, 0) is 5.60 Å². The molecule has 0 radical (unpaired) electrons. The number of alkyl halides is 3. The molecule has 0 aliphatic heterocycles. The van der Waals surface area contributed by atoms with Crippen molar-refractivity contribution in [3.05, 3.63) is 52.9 Å². The maximum Gasteiger partial charge on any atom is 0.424 e. The Morgan fingerprint density at radius 3 is 2.50 bits per heavy atom. The summed E-state index contributed by atoms with van der Waals surface area (Å²) in [7, 11) is 1.38. The summed E-state index contributed by atoms with van der Waals surface area (Å²) in [5.41, 5.74) is 1.24. The van der Waals surface area contributed by atoms with Crippen LogP contribution >= 0.6 is 11.6 Å². The molecule has 0 saturated heterocycles. The third kappa shape index (κ3) is 3.67. The molecule has 0 aliphatic rings. The van der Waals surface area contributed by atoms with E-state index in [2.05, 4.69) is 15.8 Å². The Balaban J connectivity index is 2.49. The topological polar surface area (TPSA) is 57.2 Å². The number of halogens is 5. The number of aliphatic hydroxyl groups is 1. The standard InChI is InChI=1S/C15H14ClF4N3O/c1-21-22-8-14(24,15(18,19)20)13-4-2-3-12(23-13)9-5-6-11(17)10(16)7-9/h2-7,21-22,24H,8H2,1H3. The van der Waals surface area contributed by atoms with Gasteiger partial charge in [-0.3, -0.25) is 10.9 Å². The molecule has 24 heavy (non-hydrogen) atoms. The third-order valence-electron chi connectivity index (χ3n) is 3.38. The van der Waals surface area contributed by atoms with E-state index in [1.54, 1.807) is 0 Å².